The number of carboxylic acid groups (broad SMARTS) is 1. The standard InChI is InChI=1S/C38H36O9.C4H10.C2H6/c1-25(2)36(41)45-21-7-5-4-6-20-44-33-17-14-29-23-31(11-10-30(29)24-33)38(43)46-32-15-12-28(13-16-32)37(42)47-34-18-8-27(22-26(34)3)9-19-35(39)40;1-3-4-2;1-2/h8-19,22-24H,1,4-7,20-21H2,2-3H3,(H,39,40);3-4H2,1-2H3;1-2H3/b19-9+;;. The van der Waals surface area contributed by atoms with E-state index < -0.39 is 17.9 Å². The normalized spacial score (nSPS) is 10.3. The number of aryl methyl sites for hydroxylation is 1. The molecule has 1 N–H and O–H groups in total. The number of aliphatic carboxylic acids is 1. The van der Waals surface area contributed by atoms with Gasteiger partial charge in [0.25, 0.3) is 0 Å². The van der Waals surface area contributed by atoms with E-state index in [1.54, 1.807) is 44.2 Å². The van der Waals surface area contributed by atoms with Gasteiger partial charge in [-0.25, -0.2) is 19.2 Å². The van der Waals surface area contributed by atoms with E-state index in [4.69, 9.17) is 24.1 Å². The topological polar surface area (TPSA) is 125 Å². The number of ether oxygens (including phenoxy) is 4. The van der Waals surface area contributed by atoms with Gasteiger partial charge in [0.1, 0.15) is 17.2 Å². The van der Waals surface area contributed by atoms with Gasteiger partial charge in [0, 0.05) is 11.6 Å². The maximum absolute atomic E-state index is 12.9. The number of hydrogen-bond donors (Lipinski definition) is 1. The second-order valence-corrected chi connectivity index (χ2v) is 11.9. The first-order chi connectivity index (χ1) is 25.5. The summed E-state index contributed by atoms with van der Waals surface area (Å²) in [5.74, 6) is -1.17. The summed E-state index contributed by atoms with van der Waals surface area (Å²) in [7, 11) is 0. The third-order valence-electron chi connectivity index (χ3n) is 7.56. The lowest BCUT2D eigenvalue weighted by molar-refractivity contribution is -0.139. The zero-order valence-electron chi connectivity index (χ0n) is 31.7. The van der Waals surface area contributed by atoms with Gasteiger partial charge in [0.2, 0.25) is 0 Å². The summed E-state index contributed by atoms with van der Waals surface area (Å²) in [5.41, 5.74) is 2.38. The average Bonchev–Trinajstić information content (AvgIpc) is 3.16. The molecule has 9 heteroatoms. The monoisotopic (exact) mass is 724 g/mol. The molecule has 4 rings (SSSR count). The Morgan fingerprint density at radius 2 is 1.28 bits per heavy atom. The molecule has 53 heavy (non-hydrogen) atoms. The molecule has 0 saturated carbocycles. The number of carbonyl (C=O) groups is 4. The number of esters is 3. The molecule has 0 spiro atoms. The van der Waals surface area contributed by atoms with Crippen LogP contribution in [0.15, 0.2) is 97.1 Å². The van der Waals surface area contributed by atoms with Crippen LogP contribution in [0.4, 0.5) is 0 Å². The molecule has 0 aliphatic carbocycles. The van der Waals surface area contributed by atoms with Gasteiger partial charge in [-0.2, -0.15) is 0 Å². The van der Waals surface area contributed by atoms with Crippen molar-refractivity contribution in [2.75, 3.05) is 13.2 Å². The third kappa shape index (κ3) is 15.6. The highest BCUT2D eigenvalue weighted by atomic mass is 16.5. The van der Waals surface area contributed by atoms with Gasteiger partial charge in [-0.1, -0.05) is 65.3 Å². The molecule has 0 atom stereocenters. The molecule has 9 nitrogen and oxygen atoms in total. The van der Waals surface area contributed by atoms with Crippen LogP contribution in [0, 0.1) is 6.92 Å². The van der Waals surface area contributed by atoms with Crippen LogP contribution in [0.1, 0.15) is 105 Å². The molecule has 0 aliphatic rings. The van der Waals surface area contributed by atoms with Gasteiger partial charge in [0.15, 0.2) is 0 Å². The predicted octanol–water partition coefficient (Wildman–Crippen LogP) is 10.6. The first-order valence-electron chi connectivity index (χ1n) is 18.1. The zero-order valence-corrected chi connectivity index (χ0v) is 31.7. The molecule has 0 amide bonds. The van der Waals surface area contributed by atoms with E-state index in [0.717, 1.165) is 48.3 Å². The molecule has 0 unspecified atom stereocenters. The van der Waals surface area contributed by atoms with Crippen LogP contribution in [0.5, 0.6) is 17.2 Å². The second-order valence-electron chi connectivity index (χ2n) is 11.9. The van der Waals surface area contributed by atoms with Crippen molar-refractivity contribution in [3.63, 3.8) is 0 Å². The van der Waals surface area contributed by atoms with E-state index in [1.165, 1.54) is 43.2 Å². The van der Waals surface area contributed by atoms with E-state index in [-0.39, 0.29) is 17.3 Å². The summed E-state index contributed by atoms with van der Waals surface area (Å²) in [6.45, 7) is 16.3. The molecule has 0 aliphatic heterocycles. The largest absolute Gasteiger partial charge is 0.494 e. The smallest absolute Gasteiger partial charge is 0.343 e. The van der Waals surface area contributed by atoms with Gasteiger partial charge >= 0.3 is 23.9 Å². The Balaban J connectivity index is 0.00000151. The van der Waals surface area contributed by atoms with Crippen molar-refractivity contribution in [2.24, 2.45) is 0 Å². The number of fused-ring (bicyclic) bond motifs is 1. The van der Waals surface area contributed by atoms with E-state index >= 15 is 0 Å². The number of carboxylic acids is 1. The zero-order chi connectivity index (χ0) is 39.2. The Kier molecular flexibility index (Phi) is 19.4. The van der Waals surface area contributed by atoms with Crippen LogP contribution in [0.3, 0.4) is 0 Å². The van der Waals surface area contributed by atoms with Crippen LogP contribution in [-0.4, -0.2) is 42.2 Å². The number of rotatable bonds is 16. The van der Waals surface area contributed by atoms with Gasteiger partial charge in [-0.05, 0) is 128 Å². The molecular weight excluding hydrogens is 672 g/mol. The van der Waals surface area contributed by atoms with E-state index in [2.05, 4.69) is 20.4 Å². The van der Waals surface area contributed by atoms with Gasteiger partial charge in [-0.3, -0.25) is 0 Å². The van der Waals surface area contributed by atoms with Crippen molar-refractivity contribution >= 4 is 40.7 Å². The summed E-state index contributed by atoms with van der Waals surface area (Å²) in [5, 5.41) is 10.6. The number of unbranched alkanes of at least 4 members (excludes halogenated alkanes) is 4. The van der Waals surface area contributed by atoms with Crippen molar-refractivity contribution in [1.82, 2.24) is 0 Å². The lowest BCUT2D eigenvalue weighted by atomic mass is 10.1. The summed E-state index contributed by atoms with van der Waals surface area (Å²) in [6, 6.07) is 22.0. The Labute approximate surface area is 313 Å². The number of hydrogen-bond acceptors (Lipinski definition) is 8. The summed E-state index contributed by atoms with van der Waals surface area (Å²) in [6.07, 6.45) is 8.70. The van der Waals surface area contributed by atoms with E-state index in [9.17, 15) is 19.2 Å². The molecule has 282 valence electrons. The highest BCUT2D eigenvalue weighted by molar-refractivity contribution is 5.97. The van der Waals surface area contributed by atoms with Gasteiger partial charge in [-0.15, -0.1) is 0 Å². The lowest BCUT2D eigenvalue weighted by Gasteiger charge is -2.10. The third-order valence-corrected chi connectivity index (χ3v) is 7.56. The quantitative estimate of drug-likeness (QED) is 0.0520. The predicted molar refractivity (Wildman–Crippen MR) is 210 cm³/mol. The molecule has 4 aromatic rings. The van der Waals surface area contributed by atoms with Gasteiger partial charge in [0.05, 0.1) is 24.3 Å². The minimum absolute atomic E-state index is 0.268. The van der Waals surface area contributed by atoms with Gasteiger partial charge < -0.3 is 24.1 Å². The van der Waals surface area contributed by atoms with E-state index in [0.29, 0.717) is 41.2 Å². The maximum Gasteiger partial charge on any atom is 0.343 e. The van der Waals surface area contributed by atoms with E-state index in [1.807, 2.05) is 38.1 Å². The first kappa shape index (κ1) is 43.5. The Morgan fingerprint density at radius 1 is 0.698 bits per heavy atom. The highest BCUT2D eigenvalue weighted by Crippen LogP contribution is 2.25. The minimum atomic E-state index is -1.05. The summed E-state index contributed by atoms with van der Waals surface area (Å²) < 4.78 is 22.0. The Hall–Kier alpha value is -5.70. The Morgan fingerprint density at radius 3 is 1.91 bits per heavy atom. The van der Waals surface area contributed by atoms with Crippen LogP contribution >= 0.6 is 0 Å². The first-order valence-corrected chi connectivity index (χ1v) is 18.1. The lowest BCUT2D eigenvalue weighted by Crippen LogP contribution is -2.10. The molecule has 0 radical (unpaired) electrons. The fourth-order valence-corrected chi connectivity index (χ4v) is 4.52. The second kappa shape index (κ2) is 23.7. The molecular formula is C44H52O9. The van der Waals surface area contributed by atoms with Crippen molar-refractivity contribution in [3.05, 3.63) is 119 Å². The van der Waals surface area contributed by atoms with Crippen molar-refractivity contribution < 1.29 is 43.2 Å². The molecule has 0 saturated heterocycles. The minimum Gasteiger partial charge on any atom is -0.494 e. The molecule has 0 aromatic heterocycles. The molecule has 0 bridgehead atoms. The molecule has 4 aromatic carbocycles. The van der Waals surface area contributed by atoms with Crippen molar-refractivity contribution in [2.45, 2.75) is 80.1 Å². The highest BCUT2D eigenvalue weighted by Gasteiger charge is 2.14. The molecule has 0 heterocycles. The van der Waals surface area contributed by atoms with Crippen molar-refractivity contribution in [3.8, 4) is 17.2 Å². The van der Waals surface area contributed by atoms with Crippen LogP contribution in [0.2, 0.25) is 0 Å². The maximum atomic E-state index is 12.9. The number of benzene rings is 4. The SMILES string of the molecule is C=C(C)C(=O)OCCCCCCOc1ccc2cc(C(=O)Oc3ccc(C(=O)Oc4ccc(/C=C/C(=O)O)cc4C)cc3)ccc2c1.CC.CCCC. The Bertz CT molecular complexity index is 1840. The van der Waals surface area contributed by atoms with Crippen LogP contribution in [-0.2, 0) is 14.3 Å². The fraction of sp³-hybridized carbons (Fsp3) is 0.318. The average molecular weight is 725 g/mol. The summed E-state index contributed by atoms with van der Waals surface area (Å²) in [4.78, 5) is 47.6. The fourth-order valence-electron chi connectivity index (χ4n) is 4.52. The number of carbonyl (C=O) groups excluding carboxylic acids is 3. The van der Waals surface area contributed by atoms with Crippen LogP contribution in [0.25, 0.3) is 16.8 Å². The molecule has 0 fully saturated rings. The summed E-state index contributed by atoms with van der Waals surface area (Å²) >= 11 is 0. The van der Waals surface area contributed by atoms with Crippen LogP contribution < -0.4 is 14.2 Å². The van der Waals surface area contributed by atoms with Crippen molar-refractivity contribution in [1.29, 1.82) is 0 Å².